The van der Waals surface area contributed by atoms with Crippen molar-refractivity contribution in [2.75, 3.05) is 36.4 Å². The van der Waals surface area contributed by atoms with Crippen molar-refractivity contribution in [3.05, 3.63) is 64.8 Å². The van der Waals surface area contributed by atoms with E-state index >= 15 is 0 Å². The van der Waals surface area contributed by atoms with Gasteiger partial charge in [0.15, 0.2) is 11.6 Å². The lowest BCUT2D eigenvalue weighted by molar-refractivity contribution is 0.383. The molecule has 0 amide bonds. The third kappa shape index (κ3) is 4.45. The highest BCUT2D eigenvalue weighted by Crippen LogP contribution is 2.26. The minimum Gasteiger partial charge on any atom is -0.352 e. The summed E-state index contributed by atoms with van der Waals surface area (Å²) in [5.74, 6) is 2.03. The Morgan fingerprint density at radius 1 is 0.967 bits per heavy atom. The number of rotatable bonds is 5. The van der Waals surface area contributed by atoms with Crippen LogP contribution in [0.15, 0.2) is 64.1 Å². The number of piperazine rings is 1. The Balaban J connectivity index is 1.40. The standard InChI is InChI=1S/C20H21BrN6O2S/c1-15-8-9-22-19(14-15)23-18-6-7-20(25-24-18)26-10-12-27(13-11-26)30(28,29)17-5-3-2-4-16(17)21/h2-9,14H,10-13H2,1H3,(H,22,23,24). The van der Waals surface area contributed by atoms with Crippen LogP contribution in [0, 0.1) is 6.92 Å². The van der Waals surface area contributed by atoms with Crippen LogP contribution in [0.25, 0.3) is 0 Å². The van der Waals surface area contributed by atoms with E-state index in [2.05, 4.69) is 36.4 Å². The maximum absolute atomic E-state index is 12.9. The van der Waals surface area contributed by atoms with Crippen molar-refractivity contribution in [1.82, 2.24) is 19.5 Å². The Kier molecular flexibility index (Phi) is 5.98. The molecule has 1 aliphatic heterocycles. The Labute approximate surface area is 184 Å². The van der Waals surface area contributed by atoms with Gasteiger partial charge in [0.1, 0.15) is 5.82 Å². The van der Waals surface area contributed by atoms with E-state index in [4.69, 9.17) is 0 Å². The monoisotopic (exact) mass is 488 g/mol. The molecule has 3 heterocycles. The van der Waals surface area contributed by atoms with Gasteiger partial charge in [0.05, 0.1) is 4.90 Å². The maximum Gasteiger partial charge on any atom is 0.244 e. The molecule has 3 aromatic rings. The van der Waals surface area contributed by atoms with Gasteiger partial charge in [0, 0.05) is 36.8 Å². The topological polar surface area (TPSA) is 91.3 Å². The number of sulfonamides is 1. The van der Waals surface area contributed by atoms with Gasteiger partial charge in [0.2, 0.25) is 10.0 Å². The number of benzene rings is 1. The van der Waals surface area contributed by atoms with E-state index in [1.54, 1.807) is 30.5 Å². The number of nitrogens with zero attached hydrogens (tertiary/aromatic N) is 5. The summed E-state index contributed by atoms with van der Waals surface area (Å²) in [7, 11) is -3.54. The van der Waals surface area contributed by atoms with Gasteiger partial charge >= 0.3 is 0 Å². The summed E-state index contributed by atoms with van der Waals surface area (Å²) in [6.07, 6.45) is 1.74. The van der Waals surface area contributed by atoms with Gasteiger partial charge in [-0.15, -0.1) is 10.2 Å². The van der Waals surface area contributed by atoms with Crippen LogP contribution in [0.5, 0.6) is 0 Å². The number of aryl methyl sites for hydroxylation is 1. The molecule has 0 saturated carbocycles. The average molecular weight is 489 g/mol. The van der Waals surface area contributed by atoms with Crippen LogP contribution in [0.4, 0.5) is 17.5 Å². The van der Waals surface area contributed by atoms with Gasteiger partial charge in [-0.1, -0.05) is 12.1 Å². The van der Waals surface area contributed by atoms with Gasteiger partial charge in [0.25, 0.3) is 0 Å². The summed E-state index contributed by atoms with van der Waals surface area (Å²) in [4.78, 5) is 6.58. The predicted octanol–water partition coefficient (Wildman–Crippen LogP) is 3.20. The van der Waals surface area contributed by atoms with Crippen molar-refractivity contribution >= 4 is 43.4 Å². The van der Waals surface area contributed by atoms with Crippen LogP contribution >= 0.6 is 15.9 Å². The molecular weight excluding hydrogens is 468 g/mol. The summed E-state index contributed by atoms with van der Waals surface area (Å²) in [5.41, 5.74) is 1.10. The number of aromatic nitrogens is 3. The summed E-state index contributed by atoms with van der Waals surface area (Å²) in [6.45, 7) is 3.87. The van der Waals surface area contributed by atoms with E-state index in [0.29, 0.717) is 47.2 Å². The van der Waals surface area contributed by atoms with Gasteiger partial charge in [-0.05, 0) is 64.8 Å². The molecule has 0 unspecified atom stereocenters. The van der Waals surface area contributed by atoms with Gasteiger partial charge in [-0.2, -0.15) is 4.31 Å². The Morgan fingerprint density at radius 2 is 1.73 bits per heavy atom. The molecule has 156 valence electrons. The number of nitrogens with one attached hydrogen (secondary N) is 1. The van der Waals surface area contributed by atoms with E-state index in [1.165, 1.54) is 4.31 Å². The number of hydrogen-bond acceptors (Lipinski definition) is 7. The third-order valence-electron chi connectivity index (χ3n) is 4.84. The van der Waals surface area contributed by atoms with Crippen LogP contribution in [-0.2, 0) is 10.0 Å². The van der Waals surface area contributed by atoms with Crippen LogP contribution in [-0.4, -0.2) is 54.1 Å². The van der Waals surface area contributed by atoms with Crippen molar-refractivity contribution in [2.45, 2.75) is 11.8 Å². The van der Waals surface area contributed by atoms with Crippen LogP contribution in [0.3, 0.4) is 0 Å². The molecule has 1 aromatic carbocycles. The molecule has 0 radical (unpaired) electrons. The molecule has 0 aliphatic carbocycles. The molecular formula is C20H21BrN6O2S. The Morgan fingerprint density at radius 3 is 2.40 bits per heavy atom. The first-order valence-corrected chi connectivity index (χ1v) is 11.7. The van der Waals surface area contributed by atoms with Crippen molar-refractivity contribution in [3.8, 4) is 0 Å². The minimum absolute atomic E-state index is 0.290. The number of anilines is 3. The Bertz CT molecular complexity index is 1130. The number of halogens is 1. The Hall–Kier alpha value is -2.56. The highest BCUT2D eigenvalue weighted by Gasteiger charge is 2.30. The van der Waals surface area contributed by atoms with Crippen molar-refractivity contribution < 1.29 is 8.42 Å². The normalized spacial score (nSPS) is 15.2. The maximum atomic E-state index is 12.9. The second-order valence-corrected chi connectivity index (χ2v) is 9.70. The second-order valence-electron chi connectivity index (χ2n) is 6.94. The minimum atomic E-state index is -3.54. The third-order valence-corrected chi connectivity index (χ3v) is 7.75. The van der Waals surface area contributed by atoms with Crippen LogP contribution in [0.1, 0.15) is 5.56 Å². The molecule has 2 aromatic heterocycles. The summed E-state index contributed by atoms with van der Waals surface area (Å²) in [6, 6.07) is 14.5. The lowest BCUT2D eigenvalue weighted by Crippen LogP contribution is -2.49. The molecule has 0 bridgehead atoms. The van der Waals surface area contributed by atoms with Gasteiger partial charge in [-0.3, -0.25) is 0 Å². The SMILES string of the molecule is Cc1ccnc(Nc2ccc(N3CCN(S(=O)(=O)c4ccccc4Br)CC3)nn2)c1. The zero-order valence-electron chi connectivity index (χ0n) is 16.4. The van der Waals surface area contributed by atoms with Crippen molar-refractivity contribution in [1.29, 1.82) is 0 Å². The highest BCUT2D eigenvalue weighted by atomic mass is 79.9. The molecule has 0 spiro atoms. The molecule has 1 fully saturated rings. The largest absolute Gasteiger partial charge is 0.352 e. The van der Waals surface area contributed by atoms with Crippen LogP contribution in [0.2, 0.25) is 0 Å². The highest BCUT2D eigenvalue weighted by molar-refractivity contribution is 9.10. The van der Waals surface area contributed by atoms with E-state index in [0.717, 1.165) is 11.4 Å². The fourth-order valence-electron chi connectivity index (χ4n) is 3.25. The quantitative estimate of drug-likeness (QED) is 0.589. The molecule has 1 aliphatic rings. The molecule has 30 heavy (non-hydrogen) atoms. The molecule has 10 heteroatoms. The van der Waals surface area contributed by atoms with E-state index in [-0.39, 0.29) is 0 Å². The number of hydrogen-bond donors (Lipinski definition) is 1. The first-order chi connectivity index (χ1) is 14.4. The smallest absolute Gasteiger partial charge is 0.244 e. The molecule has 0 atom stereocenters. The first-order valence-electron chi connectivity index (χ1n) is 9.46. The van der Waals surface area contributed by atoms with Gasteiger partial charge < -0.3 is 10.2 Å². The van der Waals surface area contributed by atoms with Crippen LogP contribution < -0.4 is 10.2 Å². The van der Waals surface area contributed by atoms with E-state index in [1.807, 2.05) is 36.1 Å². The lowest BCUT2D eigenvalue weighted by Gasteiger charge is -2.34. The van der Waals surface area contributed by atoms with Crippen molar-refractivity contribution in [2.24, 2.45) is 0 Å². The second kappa shape index (κ2) is 8.66. The predicted molar refractivity (Wildman–Crippen MR) is 119 cm³/mol. The van der Waals surface area contributed by atoms with E-state index < -0.39 is 10.0 Å². The fourth-order valence-corrected chi connectivity index (χ4v) is 5.63. The zero-order chi connectivity index (χ0) is 21.1. The molecule has 8 nitrogen and oxygen atoms in total. The summed E-state index contributed by atoms with van der Waals surface area (Å²) < 4.78 is 27.9. The molecule has 1 saturated heterocycles. The first kappa shape index (κ1) is 20.7. The number of pyridine rings is 1. The summed E-state index contributed by atoms with van der Waals surface area (Å²) >= 11 is 3.34. The average Bonchev–Trinajstić information content (AvgIpc) is 2.75. The lowest BCUT2D eigenvalue weighted by atomic mass is 10.3. The van der Waals surface area contributed by atoms with E-state index in [9.17, 15) is 8.42 Å². The van der Waals surface area contributed by atoms with Gasteiger partial charge in [-0.25, -0.2) is 13.4 Å². The molecule has 1 N–H and O–H groups in total. The zero-order valence-corrected chi connectivity index (χ0v) is 18.8. The summed E-state index contributed by atoms with van der Waals surface area (Å²) in [5, 5.41) is 11.6. The fraction of sp³-hybridized carbons (Fsp3) is 0.250. The van der Waals surface area contributed by atoms with Crippen molar-refractivity contribution in [3.63, 3.8) is 0 Å². The molecule has 4 rings (SSSR count).